The fourth-order valence-electron chi connectivity index (χ4n) is 1.79. The van der Waals surface area contributed by atoms with Crippen LogP contribution in [0.2, 0.25) is 5.28 Å². The van der Waals surface area contributed by atoms with Crippen LogP contribution < -0.4 is 0 Å². The summed E-state index contributed by atoms with van der Waals surface area (Å²) in [6.45, 7) is 0. The molecule has 1 aliphatic rings. The number of aromatic nitrogens is 2. The Bertz CT molecular complexity index is 367. The van der Waals surface area contributed by atoms with E-state index in [4.69, 9.17) is 16.8 Å². The van der Waals surface area contributed by atoms with E-state index in [0.717, 1.165) is 30.5 Å². The lowest BCUT2D eigenvalue weighted by Crippen LogP contribution is -2.13. The molecule has 0 fully saturated rings. The second kappa shape index (κ2) is 3.92. The van der Waals surface area contributed by atoms with Crippen molar-refractivity contribution in [3.05, 3.63) is 22.7 Å². The second-order valence-corrected chi connectivity index (χ2v) is 3.65. The first-order valence-electron chi connectivity index (χ1n) is 4.50. The first kappa shape index (κ1) is 9.40. The predicted molar refractivity (Wildman–Crippen MR) is 53.0 cm³/mol. The topological polar surface area (TPSA) is 58.4 Å². The minimum atomic E-state index is 0.0734. The van der Waals surface area contributed by atoms with Gasteiger partial charge in [0.05, 0.1) is 11.9 Å². The third kappa shape index (κ3) is 1.70. The zero-order valence-corrected chi connectivity index (χ0v) is 8.28. The van der Waals surface area contributed by atoms with Gasteiger partial charge in [-0.25, -0.2) is 9.97 Å². The van der Waals surface area contributed by atoms with Crippen molar-refractivity contribution in [1.29, 1.82) is 0 Å². The summed E-state index contributed by atoms with van der Waals surface area (Å²) in [4.78, 5) is 8.10. The summed E-state index contributed by atoms with van der Waals surface area (Å²) in [5, 5.41) is 11.8. The van der Waals surface area contributed by atoms with Gasteiger partial charge in [0, 0.05) is 12.1 Å². The summed E-state index contributed by atoms with van der Waals surface area (Å²) < 4.78 is 0. The average Bonchev–Trinajstić information content (AvgIpc) is 2.19. The van der Waals surface area contributed by atoms with Gasteiger partial charge >= 0.3 is 0 Å². The molecule has 1 heterocycles. The summed E-state index contributed by atoms with van der Waals surface area (Å²) in [6.07, 6.45) is 6.24. The summed E-state index contributed by atoms with van der Waals surface area (Å²) in [7, 11) is 0. The summed E-state index contributed by atoms with van der Waals surface area (Å²) in [6, 6.07) is 0. The first-order valence-corrected chi connectivity index (χ1v) is 4.88. The Kier molecular flexibility index (Phi) is 2.63. The molecule has 1 aromatic heterocycles. The minimum absolute atomic E-state index is 0.0734. The highest BCUT2D eigenvalue weighted by Gasteiger charge is 2.21. The lowest BCUT2D eigenvalue weighted by atomic mass is 9.88. The molecule has 1 unspecified atom stereocenters. The Labute approximate surface area is 86.6 Å². The van der Waals surface area contributed by atoms with Crippen LogP contribution in [0.1, 0.15) is 30.0 Å². The maximum absolute atomic E-state index is 8.51. The fraction of sp³-hybridized carbons (Fsp3) is 0.444. The van der Waals surface area contributed by atoms with Crippen molar-refractivity contribution >= 4 is 17.8 Å². The molecule has 5 heteroatoms. The summed E-state index contributed by atoms with van der Waals surface area (Å²) in [5.74, 6) is 0.0734. The molecular formula is C9H10ClN3O. The summed E-state index contributed by atoms with van der Waals surface area (Å²) in [5.41, 5.74) is 2.00. The van der Waals surface area contributed by atoms with Crippen molar-refractivity contribution in [2.45, 2.75) is 25.2 Å². The van der Waals surface area contributed by atoms with E-state index in [1.54, 1.807) is 6.20 Å². The normalized spacial score (nSPS) is 21.1. The van der Waals surface area contributed by atoms with E-state index < -0.39 is 0 Å². The molecule has 0 aliphatic heterocycles. The largest absolute Gasteiger partial charge is 0.411 e. The first-order chi connectivity index (χ1) is 6.81. The maximum atomic E-state index is 8.51. The Morgan fingerprint density at radius 2 is 2.50 bits per heavy atom. The van der Waals surface area contributed by atoms with E-state index in [2.05, 4.69) is 15.1 Å². The highest BCUT2D eigenvalue weighted by molar-refractivity contribution is 6.28. The van der Waals surface area contributed by atoms with E-state index in [9.17, 15) is 0 Å². The van der Waals surface area contributed by atoms with Gasteiger partial charge < -0.3 is 5.21 Å². The molecule has 74 valence electrons. The molecule has 1 atom stereocenters. The number of rotatable bonds is 1. The molecule has 0 bridgehead atoms. The van der Waals surface area contributed by atoms with Crippen LogP contribution in [0.25, 0.3) is 0 Å². The molecule has 0 saturated carbocycles. The average molecular weight is 212 g/mol. The highest BCUT2D eigenvalue weighted by atomic mass is 35.5. The minimum Gasteiger partial charge on any atom is -0.411 e. The van der Waals surface area contributed by atoms with Gasteiger partial charge in [0.2, 0.25) is 5.28 Å². The highest BCUT2D eigenvalue weighted by Crippen LogP contribution is 2.28. The maximum Gasteiger partial charge on any atom is 0.222 e. The molecule has 2 rings (SSSR count). The van der Waals surface area contributed by atoms with E-state index in [-0.39, 0.29) is 11.2 Å². The second-order valence-electron chi connectivity index (χ2n) is 3.31. The Hall–Kier alpha value is -1.16. The predicted octanol–water partition coefficient (Wildman–Crippen LogP) is 2.01. The quantitative estimate of drug-likeness (QED) is 0.335. The standard InChI is InChI=1S/C9H10ClN3O/c10-9-11-4-6-2-1-3-7(5-12-14)8(6)13-9/h4-5,7,14H,1-3H2. The van der Waals surface area contributed by atoms with Gasteiger partial charge in [-0.15, -0.1) is 5.16 Å². The Balaban J connectivity index is 2.41. The van der Waals surface area contributed by atoms with Crippen LogP contribution in [0.3, 0.4) is 0 Å². The molecule has 0 saturated heterocycles. The van der Waals surface area contributed by atoms with Crippen molar-refractivity contribution in [2.75, 3.05) is 0 Å². The van der Waals surface area contributed by atoms with E-state index in [1.165, 1.54) is 6.21 Å². The molecule has 4 nitrogen and oxygen atoms in total. The van der Waals surface area contributed by atoms with Gasteiger partial charge in [0.1, 0.15) is 0 Å². The Morgan fingerprint density at radius 3 is 3.29 bits per heavy atom. The van der Waals surface area contributed by atoms with E-state index >= 15 is 0 Å². The number of hydrogen-bond donors (Lipinski definition) is 1. The molecule has 0 spiro atoms. The number of hydrogen-bond acceptors (Lipinski definition) is 4. The molecule has 0 amide bonds. The lowest BCUT2D eigenvalue weighted by molar-refractivity contribution is 0.319. The molecule has 0 aromatic carbocycles. The molecule has 1 aromatic rings. The van der Waals surface area contributed by atoms with Crippen LogP contribution in [-0.2, 0) is 6.42 Å². The van der Waals surface area contributed by atoms with Crippen molar-refractivity contribution < 1.29 is 5.21 Å². The SMILES string of the molecule is ON=CC1CCCc2cnc(Cl)nc21. The number of halogens is 1. The molecule has 1 aliphatic carbocycles. The van der Waals surface area contributed by atoms with Crippen molar-refractivity contribution in [3.63, 3.8) is 0 Å². The van der Waals surface area contributed by atoms with Crippen molar-refractivity contribution in [3.8, 4) is 0 Å². The van der Waals surface area contributed by atoms with Crippen LogP contribution in [0.4, 0.5) is 0 Å². The summed E-state index contributed by atoms with van der Waals surface area (Å²) >= 11 is 5.71. The van der Waals surface area contributed by atoms with E-state index in [1.807, 2.05) is 0 Å². The zero-order chi connectivity index (χ0) is 9.97. The fourth-order valence-corrected chi connectivity index (χ4v) is 1.93. The molecular weight excluding hydrogens is 202 g/mol. The van der Waals surface area contributed by atoms with Gasteiger partial charge in [-0.2, -0.15) is 0 Å². The monoisotopic (exact) mass is 211 g/mol. The van der Waals surface area contributed by atoms with Crippen LogP contribution in [-0.4, -0.2) is 21.4 Å². The van der Waals surface area contributed by atoms with Crippen LogP contribution in [0.5, 0.6) is 0 Å². The van der Waals surface area contributed by atoms with Gasteiger partial charge in [-0.3, -0.25) is 0 Å². The smallest absolute Gasteiger partial charge is 0.222 e. The number of nitrogens with zero attached hydrogens (tertiary/aromatic N) is 3. The van der Waals surface area contributed by atoms with Crippen molar-refractivity contribution in [2.24, 2.45) is 5.16 Å². The van der Waals surface area contributed by atoms with Gasteiger partial charge in [0.25, 0.3) is 0 Å². The van der Waals surface area contributed by atoms with Crippen LogP contribution >= 0.6 is 11.6 Å². The molecule has 1 N–H and O–H groups in total. The number of oxime groups is 1. The van der Waals surface area contributed by atoms with Crippen molar-refractivity contribution in [1.82, 2.24) is 9.97 Å². The van der Waals surface area contributed by atoms with Crippen LogP contribution in [0.15, 0.2) is 11.4 Å². The lowest BCUT2D eigenvalue weighted by Gasteiger charge is -2.20. The molecule has 0 radical (unpaired) electrons. The number of aryl methyl sites for hydroxylation is 1. The van der Waals surface area contributed by atoms with Gasteiger partial charge in [-0.1, -0.05) is 0 Å². The third-order valence-electron chi connectivity index (χ3n) is 2.43. The zero-order valence-electron chi connectivity index (χ0n) is 7.52. The third-order valence-corrected chi connectivity index (χ3v) is 2.61. The van der Waals surface area contributed by atoms with Gasteiger partial charge in [0.15, 0.2) is 0 Å². The number of fused-ring (bicyclic) bond motifs is 1. The van der Waals surface area contributed by atoms with E-state index in [0.29, 0.717) is 0 Å². The Morgan fingerprint density at radius 1 is 1.64 bits per heavy atom. The molecule has 14 heavy (non-hydrogen) atoms. The van der Waals surface area contributed by atoms with Gasteiger partial charge in [-0.05, 0) is 36.4 Å². The van der Waals surface area contributed by atoms with Crippen LogP contribution in [0, 0.1) is 0 Å².